The van der Waals surface area contributed by atoms with E-state index in [1.807, 2.05) is 29.2 Å². The summed E-state index contributed by atoms with van der Waals surface area (Å²) in [5.74, 6) is 2.38. The third-order valence-corrected chi connectivity index (χ3v) is 4.97. The summed E-state index contributed by atoms with van der Waals surface area (Å²) in [4.78, 5) is 15.4. The number of likely N-dealkylation sites (tertiary alicyclic amines) is 1. The molecule has 5 heteroatoms. The molecule has 21 heavy (non-hydrogen) atoms. The summed E-state index contributed by atoms with van der Waals surface area (Å²) in [5.41, 5.74) is 5.71. The Bertz CT molecular complexity index is 464. The van der Waals surface area contributed by atoms with Crippen LogP contribution in [0.3, 0.4) is 0 Å². The zero-order valence-corrected chi connectivity index (χ0v) is 13.6. The summed E-state index contributed by atoms with van der Waals surface area (Å²) in [7, 11) is 1.66. The van der Waals surface area contributed by atoms with Gasteiger partial charge in [-0.3, -0.25) is 4.79 Å². The van der Waals surface area contributed by atoms with Crippen LogP contribution in [0.4, 0.5) is 0 Å². The van der Waals surface area contributed by atoms with Crippen molar-refractivity contribution in [2.75, 3.05) is 26.0 Å². The molecule has 1 heterocycles. The van der Waals surface area contributed by atoms with Gasteiger partial charge >= 0.3 is 0 Å². The number of amides is 1. The lowest BCUT2D eigenvalue weighted by Crippen LogP contribution is -2.34. The van der Waals surface area contributed by atoms with Crippen LogP contribution in [0.25, 0.3) is 0 Å². The van der Waals surface area contributed by atoms with Gasteiger partial charge in [-0.05, 0) is 50.1 Å². The van der Waals surface area contributed by atoms with Gasteiger partial charge in [0.2, 0.25) is 5.91 Å². The van der Waals surface area contributed by atoms with Gasteiger partial charge in [0.1, 0.15) is 5.75 Å². The summed E-state index contributed by atoms with van der Waals surface area (Å²) in [6.07, 6.45) is 1.62. The quantitative estimate of drug-likeness (QED) is 0.820. The molecule has 0 aliphatic carbocycles. The average Bonchev–Trinajstić information content (AvgIpc) is 2.89. The predicted octanol–water partition coefficient (Wildman–Crippen LogP) is 2.37. The van der Waals surface area contributed by atoms with Crippen LogP contribution in [0.5, 0.6) is 5.75 Å². The maximum atomic E-state index is 12.3. The minimum atomic E-state index is 0.250. The van der Waals surface area contributed by atoms with E-state index in [0.29, 0.717) is 24.9 Å². The minimum absolute atomic E-state index is 0.250. The molecule has 2 atom stereocenters. The fourth-order valence-electron chi connectivity index (χ4n) is 2.73. The van der Waals surface area contributed by atoms with Crippen molar-refractivity contribution in [2.45, 2.75) is 30.7 Å². The molecule has 116 valence electrons. The van der Waals surface area contributed by atoms with Gasteiger partial charge in [0.15, 0.2) is 0 Å². The number of benzene rings is 1. The Labute approximate surface area is 131 Å². The third kappa shape index (κ3) is 4.38. The van der Waals surface area contributed by atoms with E-state index in [4.69, 9.17) is 10.5 Å². The molecule has 0 bridgehead atoms. The maximum absolute atomic E-state index is 12.3. The maximum Gasteiger partial charge on any atom is 0.223 e. The summed E-state index contributed by atoms with van der Waals surface area (Å²) in [6.45, 7) is 3.61. The van der Waals surface area contributed by atoms with E-state index in [1.165, 1.54) is 0 Å². The fraction of sp³-hybridized carbons (Fsp3) is 0.562. The molecule has 1 aromatic rings. The minimum Gasteiger partial charge on any atom is -0.497 e. The van der Waals surface area contributed by atoms with Crippen molar-refractivity contribution in [1.82, 2.24) is 4.90 Å². The van der Waals surface area contributed by atoms with Gasteiger partial charge < -0.3 is 15.4 Å². The van der Waals surface area contributed by atoms with Crippen molar-refractivity contribution < 1.29 is 9.53 Å². The van der Waals surface area contributed by atoms with Crippen LogP contribution in [0, 0.1) is 5.92 Å². The second-order valence-electron chi connectivity index (χ2n) is 5.51. The van der Waals surface area contributed by atoms with Crippen molar-refractivity contribution in [2.24, 2.45) is 11.7 Å². The molecule has 1 aliphatic rings. The Hall–Kier alpha value is -1.20. The molecule has 2 N–H and O–H groups in total. The van der Waals surface area contributed by atoms with Crippen molar-refractivity contribution >= 4 is 17.7 Å². The second-order valence-corrected chi connectivity index (χ2v) is 6.67. The molecule has 2 unspecified atom stereocenters. The van der Waals surface area contributed by atoms with Gasteiger partial charge in [0.25, 0.3) is 0 Å². The highest BCUT2D eigenvalue weighted by atomic mass is 32.2. The van der Waals surface area contributed by atoms with Gasteiger partial charge in [-0.1, -0.05) is 0 Å². The molecule has 4 nitrogen and oxygen atoms in total. The van der Waals surface area contributed by atoms with E-state index in [0.717, 1.165) is 29.4 Å². The summed E-state index contributed by atoms with van der Waals surface area (Å²) < 4.78 is 5.13. The lowest BCUT2D eigenvalue weighted by Gasteiger charge is -2.21. The standard InChI is InChI=1S/C16H24N2O2S/c1-12-9-13(10-17)11-18(12)16(19)7-8-21-15-5-3-14(20-2)4-6-15/h3-6,12-13H,7-11,17H2,1-2H3. The number of ether oxygens (including phenoxy) is 1. The SMILES string of the molecule is COc1ccc(SCCC(=O)N2CC(CN)CC2C)cc1. The molecule has 0 aromatic heterocycles. The van der Waals surface area contributed by atoms with Gasteiger partial charge in [-0.25, -0.2) is 0 Å². The molecule has 0 saturated carbocycles. The van der Waals surface area contributed by atoms with Gasteiger partial charge in [0, 0.05) is 29.7 Å². The highest BCUT2D eigenvalue weighted by Gasteiger charge is 2.30. The van der Waals surface area contributed by atoms with Crippen LogP contribution >= 0.6 is 11.8 Å². The molecule has 1 saturated heterocycles. The topological polar surface area (TPSA) is 55.6 Å². The van der Waals surface area contributed by atoms with E-state index < -0.39 is 0 Å². The van der Waals surface area contributed by atoms with Gasteiger partial charge in [-0.15, -0.1) is 11.8 Å². The van der Waals surface area contributed by atoms with Gasteiger partial charge in [0.05, 0.1) is 7.11 Å². The molecule has 2 rings (SSSR count). The Morgan fingerprint density at radius 2 is 2.14 bits per heavy atom. The van der Waals surface area contributed by atoms with E-state index >= 15 is 0 Å². The molecule has 0 spiro atoms. The summed E-state index contributed by atoms with van der Waals surface area (Å²) in [5, 5.41) is 0. The molecule has 1 fully saturated rings. The zero-order chi connectivity index (χ0) is 15.2. The van der Waals surface area contributed by atoms with Crippen LogP contribution < -0.4 is 10.5 Å². The van der Waals surface area contributed by atoms with Crippen LogP contribution in [-0.4, -0.2) is 42.8 Å². The first-order chi connectivity index (χ1) is 10.1. The molecular formula is C16H24N2O2S. The normalized spacial score (nSPS) is 21.6. The Kier molecular flexibility index (Phi) is 5.94. The van der Waals surface area contributed by atoms with E-state index in [9.17, 15) is 4.79 Å². The first kappa shape index (κ1) is 16.2. The van der Waals surface area contributed by atoms with Crippen LogP contribution in [0.1, 0.15) is 19.8 Å². The van der Waals surface area contributed by atoms with Gasteiger partial charge in [-0.2, -0.15) is 0 Å². The fourth-order valence-corrected chi connectivity index (χ4v) is 3.57. The molecule has 1 amide bonds. The van der Waals surface area contributed by atoms with Crippen LogP contribution in [-0.2, 0) is 4.79 Å². The van der Waals surface area contributed by atoms with Crippen molar-refractivity contribution in [3.05, 3.63) is 24.3 Å². The van der Waals surface area contributed by atoms with Crippen molar-refractivity contribution in [1.29, 1.82) is 0 Å². The third-order valence-electron chi connectivity index (χ3n) is 3.96. The largest absolute Gasteiger partial charge is 0.497 e. The summed E-state index contributed by atoms with van der Waals surface area (Å²) in [6, 6.07) is 8.27. The monoisotopic (exact) mass is 308 g/mol. The number of carbonyl (C=O) groups excluding carboxylic acids is 1. The summed E-state index contributed by atoms with van der Waals surface area (Å²) >= 11 is 1.71. The van der Waals surface area contributed by atoms with Crippen LogP contribution in [0.15, 0.2) is 29.2 Å². The molecule has 1 aromatic carbocycles. The highest BCUT2D eigenvalue weighted by molar-refractivity contribution is 7.99. The zero-order valence-electron chi connectivity index (χ0n) is 12.7. The van der Waals surface area contributed by atoms with Crippen LogP contribution in [0.2, 0.25) is 0 Å². The molecule has 0 radical (unpaired) electrons. The number of hydrogen-bond acceptors (Lipinski definition) is 4. The Balaban J connectivity index is 1.76. The number of nitrogens with zero attached hydrogens (tertiary/aromatic N) is 1. The number of hydrogen-bond donors (Lipinski definition) is 1. The second kappa shape index (κ2) is 7.71. The van der Waals surface area contributed by atoms with Crippen molar-refractivity contribution in [3.8, 4) is 5.75 Å². The molecular weight excluding hydrogens is 284 g/mol. The first-order valence-electron chi connectivity index (χ1n) is 7.40. The smallest absolute Gasteiger partial charge is 0.223 e. The number of nitrogens with two attached hydrogens (primary N) is 1. The number of methoxy groups -OCH3 is 1. The lowest BCUT2D eigenvalue weighted by molar-refractivity contribution is -0.131. The van der Waals surface area contributed by atoms with E-state index in [-0.39, 0.29) is 5.91 Å². The number of thioether (sulfide) groups is 1. The van der Waals surface area contributed by atoms with E-state index in [1.54, 1.807) is 18.9 Å². The average molecular weight is 308 g/mol. The molecule has 1 aliphatic heterocycles. The Morgan fingerprint density at radius 3 is 2.71 bits per heavy atom. The number of carbonyl (C=O) groups is 1. The Morgan fingerprint density at radius 1 is 1.43 bits per heavy atom. The van der Waals surface area contributed by atoms with Crippen molar-refractivity contribution in [3.63, 3.8) is 0 Å². The first-order valence-corrected chi connectivity index (χ1v) is 8.39. The van der Waals surface area contributed by atoms with E-state index in [2.05, 4.69) is 6.92 Å². The highest BCUT2D eigenvalue weighted by Crippen LogP contribution is 2.25. The number of rotatable bonds is 6. The lowest BCUT2D eigenvalue weighted by atomic mass is 10.1. The predicted molar refractivity (Wildman–Crippen MR) is 86.7 cm³/mol.